The molecule has 3 amide bonds. The minimum absolute atomic E-state index is 0.154. The second-order valence-corrected chi connectivity index (χ2v) is 8.01. The van der Waals surface area contributed by atoms with Crippen LogP contribution in [0.1, 0.15) is 25.3 Å². The summed E-state index contributed by atoms with van der Waals surface area (Å²) in [5.41, 5.74) is 7.68. The molecule has 2 aromatic rings. The van der Waals surface area contributed by atoms with Crippen LogP contribution in [0.25, 0.3) is 10.9 Å². The SMILES string of the molecule is CC(O)C(NC(=O)CNC(=O)C(CCC(=O)O)NC(=O)C(N)Cc1c[nH]c2ccccc12)C(=O)O. The van der Waals surface area contributed by atoms with Gasteiger partial charge in [0.25, 0.3) is 0 Å². The number of benzene rings is 1. The lowest BCUT2D eigenvalue weighted by Crippen LogP contribution is -2.54. The number of rotatable bonds is 13. The topological polar surface area (TPSA) is 224 Å². The smallest absolute Gasteiger partial charge is 0.328 e. The number of para-hydroxylation sites is 1. The molecule has 190 valence electrons. The van der Waals surface area contributed by atoms with Gasteiger partial charge in [-0.25, -0.2) is 4.79 Å². The number of nitrogens with two attached hydrogens (primary N) is 1. The molecule has 4 atom stereocenters. The number of aromatic nitrogens is 1. The van der Waals surface area contributed by atoms with Crippen LogP contribution in [0.3, 0.4) is 0 Å². The van der Waals surface area contributed by atoms with Crippen LogP contribution >= 0.6 is 0 Å². The van der Waals surface area contributed by atoms with Gasteiger partial charge in [-0.05, 0) is 31.4 Å². The van der Waals surface area contributed by atoms with Crippen molar-refractivity contribution in [3.63, 3.8) is 0 Å². The summed E-state index contributed by atoms with van der Waals surface area (Å²) >= 11 is 0. The highest BCUT2D eigenvalue weighted by atomic mass is 16.4. The van der Waals surface area contributed by atoms with Crippen molar-refractivity contribution in [2.75, 3.05) is 6.54 Å². The Hall–Kier alpha value is -3.97. The number of aliphatic hydroxyl groups excluding tert-OH is 1. The first-order valence-electron chi connectivity index (χ1n) is 10.8. The molecule has 0 radical (unpaired) electrons. The van der Waals surface area contributed by atoms with Crippen LogP contribution in [-0.2, 0) is 30.4 Å². The van der Waals surface area contributed by atoms with Crippen molar-refractivity contribution in [3.8, 4) is 0 Å². The molecule has 1 aromatic carbocycles. The average molecular weight is 492 g/mol. The number of aromatic amines is 1. The van der Waals surface area contributed by atoms with E-state index >= 15 is 0 Å². The molecule has 9 N–H and O–H groups in total. The third-order valence-corrected chi connectivity index (χ3v) is 5.22. The Kier molecular flexibility index (Phi) is 9.73. The van der Waals surface area contributed by atoms with E-state index in [1.165, 1.54) is 6.92 Å². The second-order valence-electron chi connectivity index (χ2n) is 8.01. The summed E-state index contributed by atoms with van der Waals surface area (Å²) in [7, 11) is 0. The average Bonchev–Trinajstić information content (AvgIpc) is 3.20. The van der Waals surface area contributed by atoms with Gasteiger partial charge in [-0.2, -0.15) is 0 Å². The van der Waals surface area contributed by atoms with Crippen LogP contribution in [-0.4, -0.2) is 80.7 Å². The van der Waals surface area contributed by atoms with Gasteiger partial charge in [0.15, 0.2) is 6.04 Å². The summed E-state index contributed by atoms with van der Waals surface area (Å²) in [4.78, 5) is 62.3. The lowest BCUT2D eigenvalue weighted by molar-refractivity contribution is -0.144. The summed E-state index contributed by atoms with van der Waals surface area (Å²) in [5, 5.41) is 35.0. The van der Waals surface area contributed by atoms with Crippen LogP contribution in [0.5, 0.6) is 0 Å². The van der Waals surface area contributed by atoms with E-state index < -0.39 is 66.9 Å². The van der Waals surface area contributed by atoms with Crippen molar-refractivity contribution in [2.24, 2.45) is 5.73 Å². The van der Waals surface area contributed by atoms with Gasteiger partial charge in [-0.1, -0.05) is 18.2 Å². The van der Waals surface area contributed by atoms with E-state index in [1.807, 2.05) is 24.3 Å². The fourth-order valence-electron chi connectivity index (χ4n) is 3.35. The number of fused-ring (bicyclic) bond motifs is 1. The zero-order valence-corrected chi connectivity index (χ0v) is 19.0. The highest BCUT2D eigenvalue weighted by molar-refractivity contribution is 5.93. The number of amides is 3. The lowest BCUT2D eigenvalue weighted by atomic mass is 10.0. The largest absolute Gasteiger partial charge is 0.481 e. The normalized spacial score (nSPS) is 14.4. The number of carboxylic acid groups (broad SMARTS) is 2. The molecule has 2 rings (SSSR count). The van der Waals surface area contributed by atoms with Crippen molar-refractivity contribution >= 4 is 40.6 Å². The summed E-state index contributed by atoms with van der Waals surface area (Å²) in [6.07, 6.45) is -0.205. The summed E-state index contributed by atoms with van der Waals surface area (Å²) in [5.74, 6) is -5.09. The van der Waals surface area contributed by atoms with Crippen LogP contribution in [0, 0.1) is 0 Å². The van der Waals surface area contributed by atoms with E-state index in [9.17, 15) is 29.1 Å². The Morgan fingerprint density at radius 2 is 1.74 bits per heavy atom. The lowest BCUT2D eigenvalue weighted by Gasteiger charge is -2.21. The molecule has 0 aliphatic carbocycles. The second kappa shape index (κ2) is 12.5. The van der Waals surface area contributed by atoms with E-state index in [0.717, 1.165) is 16.5 Å². The molecule has 0 saturated carbocycles. The maximum Gasteiger partial charge on any atom is 0.328 e. The number of hydrogen-bond donors (Lipinski definition) is 8. The predicted molar refractivity (Wildman–Crippen MR) is 123 cm³/mol. The number of carbonyl (C=O) groups is 5. The molecule has 4 unspecified atom stereocenters. The Morgan fingerprint density at radius 1 is 1.06 bits per heavy atom. The minimum Gasteiger partial charge on any atom is -0.481 e. The Bertz CT molecular complexity index is 1080. The third kappa shape index (κ3) is 8.08. The van der Waals surface area contributed by atoms with Gasteiger partial charge < -0.3 is 42.0 Å². The van der Waals surface area contributed by atoms with E-state index in [2.05, 4.69) is 20.9 Å². The molecule has 0 bridgehead atoms. The first-order chi connectivity index (χ1) is 16.5. The number of aliphatic carboxylic acids is 2. The standard InChI is InChI=1S/C22H29N5O8/c1-11(28)19(22(34)35)27-17(29)10-25-21(33)16(6-7-18(30)31)26-20(32)14(23)8-12-9-24-15-5-3-2-4-13(12)15/h2-5,9,11,14,16,19,24,28H,6-8,10,23H2,1H3,(H,25,33)(H,26,32)(H,27,29)(H,30,31)(H,34,35). The molecule has 0 fully saturated rings. The molecule has 13 nitrogen and oxygen atoms in total. The van der Waals surface area contributed by atoms with E-state index in [0.29, 0.717) is 0 Å². The number of nitrogens with one attached hydrogen (secondary N) is 4. The van der Waals surface area contributed by atoms with Crippen molar-refractivity contribution in [2.45, 2.75) is 50.4 Å². The van der Waals surface area contributed by atoms with Crippen molar-refractivity contribution in [1.29, 1.82) is 0 Å². The number of aliphatic hydroxyl groups is 1. The number of H-pyrrole nitrogens is 1. The Morgan fingerprint density at radius 3 is 2.37 bits per heavy atom. The van der Waals surface area contributed by atoms with E-state index in [-0.39, 0.29) is 12.8 Å². The number of carboxylic acids is 2. The van der Waals surface area contributed by atoms with Gasteiger partial charge in [0, 0.05) is 23.5 Å². The maximum atomic E-state index is 12.7. The zero-order chi connectivity index (χ0) is 26.1. The zero-order valence-electron chi connectivity index (χ0n) is 19.0. The van der Waals surface area contributed by atoms with Crippen LogP contribution in [0.15, 0.2) is 30.5 Å². The first kappa shape index (κ1) is 27.3. The van der Waals surface area contributed by atoms with Gasteiger partial charge in [0.1, 0.15) is 6.04 Å². The molecule has 35 heavy (non-hydrogen) atoms. The van der Waals surface area contributed by atoms with Crippen molar-refractivity contribution in [3.05, 3.63) is 36.0 Å². The Balaban J connectivity index is 1.99. The van der Waals surface area contributed by atoms with Gasteiger partial charge in [-0.15, -0.1) is 0 Å². The fraction of sp³-hybridized carbons (Fsp3) is 0.409. The Labute approximate surface area is 200 Å². The van der Waals surface area contributed by atoms with Crippen LogP contribution in [0.2, 0.25) is 0 Å². The van der Waals surface area contributed by atoms with Crippen molar-refractivity contribution < 1.29 is 39.3 Å². The highest BCUT2D eigenvalue weighted by Crippen LogP contribution is 2.18. The molecule has 0 aliphatic rings. The number of carbonyl (C=O) groups excluding carboxylic acids is 3. The summed E-state index contributed by atoms with van der Waals surface area (Å²) < 4.78 is 0. The van der Waals surface area contributed by atoms with Crippen molar-refractivity contribution in [1.82, 2.24) is 20.9 Å². The summed E-state index contributed by atoms with van der Waals surface area (Å²) in [6, 6.07) is 3.51. The summed E-state index contributed by atoms with van der Waals surface area (Å²) in [6.45, 7) is 0.519. The van der Waals surface area contributed by atoms with Gasteiger partial charge in [-0.3, -0.25) is 19.2 Å². The molecule has 1 heterocycles. The molecule has 0 saturated heterocycles. The van der Waals surface area contributed by atoms with Crippen LogP contribution in [0.4, 0.5) is 0 Å². The molecule has 13 heteroatoms. The van der Waals surface area contributed by atoms with Gasteiger partial charge in [0.2, 0.25) is 17.7 Å². The molecule has 0 spiro atoms. The van der Waals surface area contributed by atoms with E-state index in [4.69, 9.17) is 15.9 Å². The highest BCUT2D eigenvalue weighted by Gasteiger charge is 2.27. The maximum absolute atomic E-state index is 12.7. The van der Waals surface area contributed by atoms with Gasteiger partial charge >= 0.3 is 11.9 Å². The fourth-order valence-corrected chi connectivity index (χ4v) is 3.35. The van der Waals surface area contributed by atoms with Gasteiger partial charge in [0.05, 0.1) is 18.7 Å². The molecule has 1 aromatic heterocycles. The monoisotopic (exact) mass is 491 g/mol. The quantitative estimate of drug-likeness (QED) is 0.162. The number of hydrogen-bond acceptors (Lipinski definition) is 7. The van der Waals surface area contributed by atoms with Crippen LogP contribution < -0.4 is 21.7 Å². The van der Waals surface area contributed by atoms with E-state index in [1.54, 1.807) is 6.20 Å². The first-order valence-corrected chi connectivity index (χ1v) is 10.8. The minimum atomic E-state index is -1.58. The molecular weight excluding hydrogens is 462 g/mol. The third-order valence-electron chi connectivity index (χ3n) is 5.22. The molecular formula is C22H29N5O8. The predicted octanol–water partition coefficient (Wildman–Crippen LogP) is -1.55. The molecule has 0 aliphatic heterocycles.